The van der Waals surface area contributed by atoms with Gasteiger partial charge in [0.2, 0.25) is 0 Å². The van der Waals surface area contributed by atoms with Gasteiger partial charge in [-0.1, -0.05) is 24.6 Å². The molecular weight excluding hydrogens is 212 g/mol. The number of rotatable bonds is 6. The van der Waals surface area contributed by atoms with Crippen molar-refractivity contribution in [3.8, 4) is 5.75 Å². The standard InChI is InChI=1S/C15H22O2/c1-2-7-15(8-3-1)17-11-5-4-6-14-9-12-16-13-10-14/h1-3,7-8,14H,4-6,9-13H2. The monoisotopic (exact) mass is 234 g/mol. The Hall–Kier alpha value is -1.02. The van der Waals surface area contributed by atoms with E-state index in [4.69, 9.17) is 9.47 Å². The molecule has 0 aliphatic carbocycles. The van der Waals surface area contributed by atoms with Crippen LogP contribution in [0.1, 0.15) is 32.1 Å². The van der Waals surface area contributed by atoms with Gasteiger partial charge in [-0.3, -0.25) is 0 Å². The highest BCUT2D eigenvalue weighted by molar-refractivity contribution is 5.20. The van der Waals surface area contributed by atoms with Crippen LogP contribution in [0.2, 0.25) is 0 Å². The van der Waals surface area contributed by atoms with Crippen LogP contribution in [0.5, 0.6) is 5.75 Å². The van der Waals surface area contributed by atoms with Gasteiger partial charge >= 0.3 is 0 Å². The summed E-state index contributed by atoms with van der Waals surface area (Å²) in [6.07, 6.45) is 6.27. The van der Waals surface area contributed by atoms with Crippen molar-refractivity contribution in [2.75, 3.05) is 19.8 Å². The Labute approximate surface area is 104 Å². The highest BCUT2D eigenvalue weighted by atomic mass is 16.5. The lowest BCUT2D eigenvalue weighted by molar-refractivity contribution is 0.0628. The van der Waals surface area contributed by atoms with Gasteiger partial charge in [0.05, 0.1) is 6.61 Å². The van der Waals surface area contributed by atoms with Crippen molar-refractivity contribution in [1.82, 2.24) is 0 Å². The van der Waals surface area contributed by atoms with Crippen LogP contribution in [0.4, 0.5) is 0 Å². The predicted octanol–water partition coefficient (Wildman–Crippen LogP) is 3.66. The van der Waals surface area contributed by atoms with Crippen LogP contribution in [-0.2, 0) is 4.74 Å². The maximum atomic E-state index is 5.67. The van der Waals surface area contributed by atoms with Gasteiger partial charge in [-0.25, -0.2) is 0 Å². The summed E-state index contributed by atoms with van der Waals surface area (Å²) in [5, 5.41) is 0. The fourth-order valence-electron chi connectivity index (χ4n) is 2.28. The molecule has 1 aliphatic rings. The quantitative estimate of drug-likeness (QED) is 0.699. The van der Waals surface area contributed by atoms with E-state index in [0.29, 0.717) is 0 Å². The van der Waals surface area contributed by atoms with Crippen LogP contribution in [0.15, 0.2) is 30.3 Å². The van der Waals surface area contributed by atoms with E-state index in [9.17, 15) is 0 Å². The Balaban J connectivity index is 1.51. The highest BCUT2D eigenvalue weighted by Gasteiger charge is 2.12. The Morgan fingerprint density at radius 1 is 1.06 bits per heavy atom. The van der Waals surface area contributed by atoms with Crippen molar-refractivity contribution in [3.63, 3.8) is 0 Å². The van der Waals surface area contributed by atoms with Crippen LogP contribution in [0, 0.1) is 5.92 Å². The minimum absolute atomic E-state index is 0.841. The first-order valence-electron chi connectivity index (χ1n) is 6.71. The lowest BCUT2D eigenvalue weighted by Gasteiger charge is -2.21. The molecule has 0 aromatic heterocycles. The molecule has 1 aromatic rings. The minimum atomic E-state index is 0.841. The molecule has 0 radical (unpaired) electrons. The second-order valence-electron chi connectivity index (χ2n) is 4.71. The Morgan fingerprint density at radius 3 is 2.59 bits per heavy atom. The molecule has 1 fully saturated rings. The maximum Gasteiger partial charge on any atom is 0.119 e. The molecule has 1 saturated heterocycles. The SMILES string of the molecule is c1ccc(OCCCCC2CCOCC2)cc1. The van der Waals surface area contributed by atoms with Crippen molar-refractivity contribution in [3.05, 3.63) is 30.3 Å². The number of benzene rings is 1. The molecule has 0 N–H and O–H groups in total. The van der Waals surface area contributed by atoms with Crippen LogP contribution in [0.3, 0.4) is 0 Å². The Morgan fingerprint density at radius 2 is 1.82 bits per heavy atom. The predicted molar refractivity (Wildman–Crippen MR) is 69.3 cm³/mol. The average Bonchev–Trinajstić information content (AvgIpc) is 2.41. The van der Waals surface area contributed by atoms with E-state index in [1.54, 1.807) is 0 Å². The number of hydrogen-bond donors (Lipinski definition) is 0. The molecule has 17 heavy (non-hydrogen) atoms. The summed E-state index contributed by atoms with van der Waals surface area (Å²) in [5.74, 6) is 1.87. The lowest BCUT2D eigenvalue weighted by Crippen LogP contribution is -2.15. The summed E-state index contributed by atoms with van der Waals surface area (Å²) >= 11 is 0. The third-order valence-corrected chi connectivity index (χ3v) is 3.36. The van der Waals surface area contributed by atoms with E-state index in [0.717, 1.165) is 37.9 Å². The molecule has 1 heterocycles. The van der Waals surface area contributed by atoms with Gasteiger partial charge in [-0.2, -0.15) is 0 Å². The van der Waals surface area contributed by atoms with E-state index in [1.807, 2.05) is 30.3 Å². The fourth-order valence-corrected chi connectivity index (χ4v) is 2.28. The maximum absolute atomic E-state index is 5.67. The third kappa shape index (κ3) is 4.78. The highest BCUT2D eigenvalue weighted by Crippen LogP contribution is 2.20. The molecular formula is C15H22O2. The molecule has 2 nitrogen and oxygen atoms in total. The first kappa shape index (κ1) is 12.4. The summed E-state index contributed by atoms with van der Waals surface area (Å²) in [5.41, 5.74) is 0. The summed E-state index contributed by atoms with van der Waals surface area (Å²) in [7, 11) is 0. The summed E-state index contributed by atoms with van der Waals surface area (Å²) in [6, 6.07) is 10.1. The van der Waals surface area contributed by atoms with E-state index in [2.05, 4.69) is 0 Å². The van der Waals surface area contributed by atoms with Crippen molar-refractivity contribution < 1.29 is 9.47 Å². The van der Waals surface area contributed by atoms with E-state index < -0.39 is 0 Å². The molecule has 2 rings (SSSR count). The zero-order chi connectivity index (χ0) is 11.8. The molecule has 0 amide bonds. The fraction of sp³-hybridized carbons (Fsp3) is 0.600. The molecule has 2 heteroatoms. The van der Waals surface area contributed by atoms with Crippen LogP contribution in [-0.4, -0.2) is 19.8 Å². The van der Waals surface area contributed by atoms with Crippen LogP contribution >= 0.6 is 0 Å². The normalized spacial score (nSPS) is 16.9. The van der Waals surface area contributed by atoms with Gasteiger partial charge in [-0.05, 0) is 43.7 Å². The van der Waals surface area contributed by atoms with Crippen LogP contribution in [0.25, 0.3) is 0 Å². The average molecular weight is 234 g/mol. The zero-order valence-electron chi connectivity index (χ0n) is 10.4. The molecule has 0 bridgehead atoms. The minimum Gasteiger partial charge on any atom is -0.494 e. The number of hydrogen-bond acceptors (Lipinski definition) is 2. The molecule has 1 aliphatic heterocycles. The Kier molecular flexibility index (Phi) is 5.37. The van der Waals surface area contributed by atoms with Crippen molar-refractivity contribution in [2.24, 2.45) is 5.92 Å². The van der Waals surface area contributed by atoms with E-state index in [-0.39, 0.29) is 0 Å². The first-order valence-corrected chi connectivity index (χ1v) is 6.71. The van der Waals surface area contributed by atoms with Crippen molar-refractivity contribution in [1.29, 1.82) is 0 Å². The van der Waals surface area contributed by atoms with Gasteiger partial charge in [-0.15, -0.1) is 0 Å². The lowest BCUT2D eigenvalue weighted by atomic mass is 9.94. The van der Waals surface area contributed by atoms with Crippen LogP contribution < -0.4 is 4.74 Å². The molecule has 0 unspecified atom stereocenters. The number of unbranched alkanes of at least 4 members (excludes halogenated alkanes) is 1. The van der Waals surface area contributed by atoms with E-state index >= 15 is 0 Å². The molecule has 0 spiro atoms. The third-order valence-electron chi connectivity index (χ3n) is 3.36. The smallest absolute Gasteiger partial charge is 0.119 e. The van der Waals surface area contributed by atoms with Gasteiger partial charge in [0.1, 0.15) is 5.75 Å². The summed E-state index contributed by atoms with van der Waals surface area (Å²) < 4.78 is 11.0. The van der Waals surface area contributed by atoms with Gasteiger partial charge in [0.25, 0.3) is 0 Å². The van der Waals surface area contributed by atoms with Gasteiger partial charge in [0, 0.05) is 13.2 Å². The van der Waals surface area contributed by atoms with Crippen molar-refractivity contribution >= 4 is 0 Å². The van der Waals surface area contributed by atoms with Crippen molar-refractivity contribution in [2.45, 2.75) is 32.1 Å². The first-order chi connectivity index (χ1) is 8.45. The zero-order valence-corrected chi connectivity index (χ0v) is 10.4. The molecule has 94 valence electrons. The number of para-hydroxylation sites is 1. The molecule has 1 aromatic carbocycles. The second kappa shape index (κ2) is 7.33. The summed E-state index contributed by atoms with van der Waals surface area (Å²) in [6.45, 7) is 2.77. The van der Waals surface area contributed by atoms with E-state index in [1.165, 1.54) is 25.7 Å². The van der Waals surface area contributed by atoms with Gasteiger partial charge < -0.3 is 9.47 Å². The molecule has 0 atom stereocenters. The number of ether oxygens (including phenoxy) is 2. The second-order valence-corrected chi connectivity index (χ2v) is 4.71. The molecule has 0 saturated carbocycles. The largest absolute Gasteiger partial charge is 0.494 e. The summed E-state index contributed by atoms with van der Waals surface area (Å²) in [4.78, 5) is 0. The Bertz CT molecular complexity index is 291. The topological polar surface area (TPSA) is 18.5 Å². The van der Waals surface area contributed by atoms with Gasteiger partial charge in [0.15, 0.2) is 0 Å².